The molecule has 14 heteroatoms. The van der Waals surface area contributed by atoms with E-state index in [1.165, 1.54) is 82.0 Å². The van der Waals surface area contributed by atoms with Crippen LogP contribution in [0.25, 0.3) is 0 Å². The van der Waals surface area contributed by atoms with Crippen LogP contribution in [0.2, 0.25) is 0 Å². The van der Waals surface area contributed by atoms with Crippen molar-refractivity contribution < 1.29 is 74.2 Å². The van der Waals surface area contributed by atoms with Gasteiger partial charge in [-0.1, -0.05) is 53.4 Å². The summed E-state index contributed by atoms with van der Waals surface area (Å²) in [5.41, 5.74) is 0. The van der Waals surface area contributed by atoms with Crippen LogP contribution in [0.5, 0.6) is 0 Å². The van der Waals surface area contributed by atoms with Crippen LogP contribution in [0.3, 0.4) is 0 Å². The first kappa shape index (κ1) is 46.9. The molecule has 0 N–H and O–H groups in total. The van der Waals surface area contributed by atoms with E-state index in [0.29, 0.717) is 0 Å². The second-order valence-electron chi connectivity index (χ2n) is 6.51. The Kier molecular flexibility index (Phi) is 51.3. The molecule has 215 valence electrons. The third-order valence-corrected chi connectivity index (χ3v) is 3.94. The maximum atomic E-state index is 9.58. The summed E-state index contributed by atoms with van der Waals surface area (Å²) in [4.78, 5) is 0. The van der Waals surface area contributed by atoms with Crippen LogP contribution in [0.15, 0.2) is 0 Å². The second-order valence-corrected chi connectivity index (χ2v) is 6.51. The largest absolute Gasteiger partial charge is 0.487 e. The molecule has 0 saturated heterocycles. The number of quaternary nitrogens is 1. The standard InChI is InChI=1S/C16H36N.4CF3.Cu/c1-5-9-13-17(14-10-6-2,15-11-7-3)16-12-8-4;4*2-1(3)4;/h5-16H2,1-4H3;;;;;/q+1;;;;;. The van der Waals surface area contributed by atoms with Gasteiger partial charge >= 0.3 is 26.7 Å². The Bertz CT molecular complexity index is 255. The molecule has 0 bridgehead atoms. The summed E-state index contributed by atoms with van der Waals surface area (Å²) in [5, 5.41) is 0. The monoisotopic (exact) mass is 581 g/mol. The quantitative estimate of drug-likeness (QED) is 0.122. The Balaban J connectivity index is -0.0000000939. The molecule has 0 aliphatic carbocycles. The molecule has 0 aromatic carbocycles. The number of unbranched alkanes of at least 4 members (excludes halogenated alkanes) is 4. The third-order valence-electron chi connectivity index (χ3n) is 3.94. The molecule has 0 heterocycles. The van der Waals surface area contributed by atoms with Gasteiger partial charge in [0, 0.05) is 17.1 Å². The first-order chi connectivity index (χ1) is 15.2. The summed E-state index contributed by atoms with van der Waals surface area (Å²) in [6.07, 6.45) is 11.1. The minimum Gasteiger partial charge on any atom is -0.324 e. The van der Waals surface area contributed by atoms with Crippen LogP contribution < -0.4 is 0 Å². The molecule has 0 aliphatic heterocycles. The Morgan fingerprint density at radius 2 is 0.500 bits per heavy atom. The smallest absolute Gasteiger partial charge is 0.324 e. The van der Waals surface area contributed by atoms with Crippen molar-refractivity contribution in [1.82, 2.24) is 0 Å². The first-order valence-electron chi connectivity index (χ1n) is 10.4. The van der Waals surface area contributed by atoms with Crippen LogP contribution in [0.4, 0.5) is 52.7 Å². The van der Waals surface area contributed by atoms with E-state index in [1.54, 1.807) is 0 Å². The zero-order valence-electron chi connectivity index (χ0n) is 19.8. The van der Waals surface area contributed by atoms with Gasteiger partial charge in [0.25, 0.3) is 0 Å². The van der Waals surface area contributed by atoms with Gasteiger partial charge in [-0.2, -0.15) is 52.7 Å². The van der Waals surface area contributed by atoms with Crippen molar-refractivity contribution in [3.8, 4) is 0 Å². The van der Waals surface area contributed by atoms with Gasteiger partial charge in [0.1, 0.15) is 0 Å². The van der Waals surface area contributed by atoms with E-state index < -0.39 is 26.7 Å². The van der Waals surface area contributed by atoms with Crippen molar-refractivity contribution in [3.05, 3.63) is 26.7 Å². The van der Waals surface area contributed by atoms with E-state index in [0.717, 1.165) is 0 Å². The van der Waals surface area contributed by atoms with Crippen molar-refractivity contribution in [2.24, 2.45) is 0 Å². The van der Waals surface area contributed by atoms with Crippen LogP contribution in [0, 0.1) is 26.7 Å². The summed E-state index contributed by atoms with van der Waals surface area (Å²) in [6.45, 7) is 2.69. The van der Waals surface area contributed by atoms with Crippen molar-refractivity contribution in [2.45, 2.75) is 79.1 Å². The molecule has 34 heavy (non-hydrogen) atoms. The molecule has 0 aromatic rings. The van der Waals surface area contributed by atoms with E-state index in [-0.39, 0.29) is 17.1 Å². The molecule has 0 aromatic heterocycles. The van der Waals surface area contributed by atoms with Crippen LogP contribution in [0.1, 0.15) is 79.1 Å². The van der Waals surface area contributed by atoms with Gasteiger partial charge in [0.05, 0.1) is 26.2 Å². The fourth-order valence-electron chi connectivity index (χ4n) is 2.64. The van der Waals surface area contributed by atoms with Crippen molar-refractivity contribution in [3.63, 3.8) is 0 Å². The van der Waals surface area contributed by atoms with Crippen LogP contribution >= 0.6 is 0 Å². The Labute approximate surface area is 206 Å². The third kappa shape index (κ3) is 77.0. The Morgan fingerprint density at radius 3 is 0.588 bits per heavy atom. The van der Waals surface area contributed by atoms with Gasteiger partial charge in [0.2, 0.25) is 0 Å². The van der Waals surface area contributed by atoms with Crippen LogP contribution in [-0.2, 0) is 17.1 Å². The van der Waals surface area contributed by atoms with Gasteiger partial charge in [-0.05, 0) is 25.7 Å². The molecular formula is C20H36CuF12N+. The normalized spacial score (nSPS) is 10.2. The Hall–Kier alpha value is -0.361. The number of nitrogens with zero attached hydrogens (tertiary/aromatic N) is 1. The molecule has 0 fully saturated rings. The molecule has 0 unspecified atom stereocenters. The molecule has 0 saturated carbocycles. The molecular weight excluding hydrogens is 546 g/mol. The summed E-state index contributed by atoms with van der Waals surface area (Å²) >= 11 is 0. The molecule has 0 aliphatic rings. The molecule has 0 spiro atoms. The van der Waals surface area contributed by atoms with Gasteiger partial charge in [-0.3, -0.25) is 0 Å². The summed E-state index contributed by atoms with van der Waals surface area (Å²) < 4.78 is 116. The minimum absolute atomic E-state index is 0. The predicted octanol–water partition coefficient (Wildman–Crippen LogP) is 10.4. The molecule has 0 amide bonds. The second kappa shape index (κ2) is 37.2. The van der Waals surface area contributed by atoms with Gasteiger partial charge in [-0.25, -0.2) is 0 Å². The van der Waals surface area contributed by atoms with Crippen molar-refractivity contribution in [2.75, 3.05) is 26.2 Å². The number of hydrogen-bond donors (Lipinski definition) is 0. The number of rotatable bonds is 12. The first-order valence-corrected chi connectivity index (χ1v) is 10.4. The van der Waals surface area contributed by atoms with Crippen LogP contribution in [-0.4, -0.2) is 30.7 Å². The molecule has 1 nitrogen and oxygen atoms in total. The van der Waals surface area contributed by atoms with E-state index in [9.17, 15) is 52.7 Å². The zero-order valence-corrected chi connectivity index (χ0v) is 20.7. The predicted molar refractivity (Wildman–Crippen MR) is 106 cm³/mol. The summed E-state index contributed by atoms with van der Waals surface area (Å²) in [7, 11) is 0. The average molecular weight is 582 g/mol. The summed E-state index contributed by atoms with van der Waals surface area (Å²) in [6, 6.07) is 0. The minimum atomic E-state index is -3.08. The van der Waals surface area contributed by atoms with Gasteiger partial charge in [-0.15, -0.1) is 0 Å². The fraction of sp³-hybridized carbons (Fsp3) is 0.800. The number of hydrogen-bond acceptors (Lipinski definition) is 0. The Morgan fingerprint density at radius 1 is 0.382 bits per heavy atom. The fourth-order valence-corrected chi connectivity index (χ4v) is 2.64. The topological polar surface area (TPSA) is 0 Å². The summed E-state index contributed by atoms with van der Waals surface area (Å²) in [5.74, 6) is 0. The van der Waals surface area contributed by atoms with E-state index in [2.05, 4.69) is 27.7 Å². The molecule has 0 atom stereocenters. The molecule has 0 rings (SSSR count). The average Bonchev–Trinajstić information content (AvgIpc) is 2.65. The van der Waals surface area contributed by atoms with E-state index in [1.807, 2.05) is 0 Å². The van der Waals surface area contributed by atoms with Gasteiger partial charge < -0.3 is 4.48 Å². The maximum absolute atomic E-state index is 9.58. The maximum Gasteiger partial charge on any atom is 0.487 e. The number of halogens is 12. The van der Waals surface area contributed by atoms with E-state index >= 15 is 0 Å². The van der Waals surface area contributed by atoms with E-state index in [4.69, 9.17) is 0 Å². The zero-order chi connectivity index (χ0) is 27.3. The van der Waals surface area contributed by atoms with Gasteiger partial charge in [0.15, 0.2) is 0 Å². The molecule has 5 radical (unpaired) electrons. The van der Waals surface area contributed by atoms with Crippen molar-refractivity contribution >= 4 is 0 Å². The van der Waals surface area contributed by atoms with Crippen molar-refractivity contribution in [1.29, 1.82) is 0 Å². The SMILES string of the molecule is CCCC[N+](CCCC)(CCCC)CCCC.F[C](F)F.F[C](F)F.F[C](F)F.F[C](F)F.[Cu].